The molecule has 0 spiro atoms. The van der Waals surface area contributed by atoms with Gasteiger partial charge < -0.3 is 10.4 Å². The Labute approximate surface area is 165 Å². The number of phenolic OH excluding ortho intramolecular Hbond substituents is 1. The van der Waals surface area contributed by atoms with Crippen molar-refractivity contribution in [3.8, 4) is 16.3 Å². The van der Waals surface area contributed by atoms with E-state index in [1.807, 2.05) is 36.4 Å². The number of hydrogen-bond acceptors (Lipinski definition) is 4. The van der Waals surface area contributed by atoms with E-state index in [-0.39, 0.29) is 18.1 Å². The number of nitrogens with one attached hydrogen (secondary N) is 1. The Balaban J connectivity index is 1.56. The van der Waals surface area contributed by atoms with Gasteiger partial charge in [0, 0.05) is 10.7 Å². The van der Waals surface area contributed by atoms with Crippen molar-refractivity contribution in [2.45, 2.75) is 6.42 Å². The van der Waals surface area contributed by atoms with Crippen LogP contribution >= 0.6 is 22.9 Å². The third-order valence-electron chi connectivity index (χ3n) is 4.08. The Morgan fingerprint density at radius 1 is 1.07 bits per heavy atom. The summed E-state index contributed by atoms with van der Waals surface area (Å²) in [6, 6.07) is 20.0. The molecule has 27 heavy (non-hydrogen) atoms. The second-order valence-electron chi connectivity index (χ2n) is 6.07. The molecule has 4 nitrogen and oxygen atoms in total. The lowest BCUT2D eigenvalue weighted by Gasteiger charge is -2.08. The van der Waals surface area contributed by atoms with Gasteiger partial charge in [-0.25, -0.2) is 4.98 Å². The number of rotatable bonds is 4. The number of carbonyl (C=O) groups is 1. The zero-order valence-corrected chi connectivity index (χ0v) is 15.7. The lowest BCUT2D eigenvalue weighted by molar-refractivity contribution is -0.115. The standard InChI is InChI=1S/C21H15ClN2O2S/c22-14-7-5-13(6-8-14)11-20(26)23-15-9-10-18(25)16(12-15)21-24-17-3-1-2-4-19(17)27-21/h1-10,12,25H,11H2,(H,23,26). The van der Waals surface area contributed by atoms with Crippen LogP contribution in [0.5, 0.6) is 5.75 Å². The van der Waals surface area contributed by atoms with E-state index in [0.717, 1.165) is 15.8 Å². The van der Waals surface area contributed by atoms with E-state index >= 15 is 0 Å². The summed E-state index contributed by atoms with van der Waals surface area (Å²) in [7, 11) is 0. The molecule has 0 saturated carbocycles. The molecular formula is C21H15ClN2O2S. The van der Waals surface area contributed by atoms with Crippen LogP contribution in [0.15, 0.2) is 66.7 Å². The van der Waals surface area contributed by atoms with E-state index in [4.69, 9.17) is 11.6 Å². The SMILES string of the molecule is O=C(Cc1ccc(Cl)cc1)Nc1ccc(O)c(-c2nc3ccccc3s2)c1. The number of aromatic hydroxyl groups is 1. The molecule has 0 aliphatic rings. The zero-order valence-electron chi connectivity index (χ0n) is 14.1. The molecule has 0 aliphatic heterocycles. The molecule has 3 aromatic carbocycles. The molecule has 1 aromatic heterocycles. The summed E-state index contributed by atoms with van der Waals surface area (Å²) < 4.78 is 1.05. The van der Waals surface area contributed by atoms with Gasteiger partial charge in [0.15, 0.2) is 0 Å². The van der Waals surface area contributed by atoms with Gasteiger partial charge in [0.25, 0.3) is 0 Å². The van der Waals surface area contributed by atoms with Crippen LogP contribution in [0.1, 0.15) is 5.56 Å². The van der Waals surface area contributed by atoms with Crippen LogP contribution in [0.3, 0.4) is 0 Å². The normalized spacial score (nSPS) is 10.9. The number of para-hydroxylation sites is 1. The van der Waals surface area contributed by atoms with E-state index in [1.54, 1.807) is 30.3 Å². The highest BCUT2D eigenvalue weighted by Gasteiger charge is 2.12. The molecule has 4 rings (SSSR count). The fraction of sp³-hybridized carbons (Fsp3) is 0.0476. The molecule has 0 fully saturated rings. The van der Waals surface area contributed by atoms with Crippen LogP contribution in [-0.4, -0.2) is 16.0 Å². The van der Waals surface area contributed by atoms with E-state index < -0.39 is 0 Å². The average molecular weight is 395 g/mol. The molecule has 1 amide bonds. The third-order valence-corrected chi connectivity index (χ3v) is 5.40. The van der Waals surface area contributed by atoms with Gasteiger partial charge in [-0.1, -0.05) is 35.9 Å². The molecule has 0 bridgehead atoms. The molecule has 4 aromatic rings. The van der Waals surface area contributed by atoms with E-state index in [0.29, 0.717) is 21.3 Å². The van der Waals surface area contributed by atoms with Gasteiger partial charge in [0.2, 0.25) is 5.91 Å². The summed E-state index contributed by atoms with van der Waals surface area (Å²) in [5.41, 5.74) is 2.97. The number of carbonyl (C=O) groups excluding carboxylic acids is 1. The number of aromatic nitrogens is 1. The summed E-state index contributed by atoms with van der Waals surface area (Å²) in [5, 5.41) is 14.5. The lowest BCUT2D eigenvalue weighted by Crippen LogP contribution is -2.14. The van der Waals surface area contributed by atoms with Crippen molar-refractivity contribution in [3.05, 3.63) is 77.3 Å². The maximum Gasteiger partial charge on any atom is 0.228 e. The Morgan fingerprint density at radius 3 is 2.63 bits per heavy atom. The minimum Gasteiger partial charge on any atom is -0.507 e. The number of nitrogens with zero attached hydrogens (tertiary/aromatic N) is 1. The Morgan fingerprint density at radius 2 is 1.85 bits per heavy atom. The topological polar surface area (TPSA) is 62.2 Å². The van der Waals surface area contributed by atoms with Crippen molar-refractivity contribution in [2.75, 3.05) is 5.32 Å². The number of benzene rings is 3. The van der Waals surface area contributed by atoms with Gasteiger partial charge in [-0.15, -0.1) is 11.3 Å². The average Bonchev–Trinajstić information content (AvgIpc) is 3.09. The second-order valence-corrected chi connectivity index (χ2v) is 7.54. The number of anilines is 1. The molecule has 134 valence electrons. The third kappa shape index (κ3) is 3.94. The molecular weight excluding hydrogens is 380 g/mol. The number of thiazole rings is 1. The highest BCUT2D eigenvalue weighted by Crippen LogP contribution is 2.36. The number of fused-ring (bicyclic) bond motifs is 1. The largest absolute Gasteiger partial charge is 0.507 e. The summed E-state index contributed by atoms with van der Waals surface area (Å²) in [6.07, 6.45) is 0.245. The molecule has 1 heterocycles. The number of amides is 1. The first-order valence-electron chi connectivity index (χ1n) is 8.32. The number of hydrogen-bond donors (Lipinski definition) is 2. The minimum atomic E-state index is -0.140. The van der Waals surface area contributed by atoms with Crippen LogP contribution in [0.25, 0.3) is 20.8 Å². The Bertz CT molecular complexity index is 1090. The quantitative estimate of drug-likeness (QED) is 0.449. The first kappa shape index (κ1) is 17.5. The first-order valence-corrected chi connectivity index (χ1v) is 9.51. The summed E-state index contributed by atoms with van der Waals surface area (Å²) in [6.45, 7) is 0. The van der Waals surface area contributed by atoms with Crippen molar-refractivity contribution in [2.24, 2.45) is 0 Å². The van der Waals surface area contributed by atoms with Gasteiger partial charge >= 0.3 is 0 Å². The zero-order chi connectivity index (χ0) is 18.8. The lowest BCUT2D eigenvalue weighted by atomic mass is 10.1. The van der Waals surface area contributed by atoms with Crippen molar-refractivity contribution in [1.29, 1.82) is 0 Å². The summed E-state index contributed by atoms with van der Waals surface area (Å²) in [5.74, 6) is -0.0111. The molecule has 0 unspecified atom stereocenters. The van der Waals surface area contributed by atoms with Gasteiger partial charge in [0.05, 0.1) is 22.2 Å². The van der Waals surface area contributed by atoms with Gasteiger partial charge in [-0.3, -0.25) is 4.79 Å². The van der Waals surface area contributed by atoms with Gasteiger partial charge in [0.1, 0.15) is 10.8 Å². The van der Waals surface area contributed by atoms with Crippen LogP contribution in [-0.2, 0) is 11.2 Å². The molecule has 2 N–H and O–H groups in total. The van der Waals surface area contributed by atoms with Crippen molar-refractivity contribution in [1.82, 2.24) is 4.98 Å². The molecule has 0 aliphatic carbocycles. The Kier molecular flexibility index (Phi) is 4.79. The maximum atomic E-state index is 12.3. The number of phenols is 1. The second kappa shape index (κ2) is 7.39. The fourth-order valence-corrected chi connectivity index (χ4v) is 3.88. The molecule has 6 heteroatoms. The van der Waals surface area contributed by atoms with Crippen LogP contribution in [0.4, 0.5) is 5.69 Å². The monoisotopic (exact) mass is 394 g/mol. The van der Waals surface area contributed by atoms with E-state index in [1.165, 1.54) is 11.3 Å². The van der Waals surface area contributed by atoms with Crippen LogP contribution < -0.4 is 5.32 Å². The van der Waals surface area contributed by atoms with Crippen molar-refractivity contribution in [3.63, 3.8) is 0 Å². The summed E-state index contributed by atoms with van der Waals surface area (Å²) in [4.78, 5) is 16.9. The number of halogens is 1. The van der Waals surface area contributed by atoms with E-state index in [2.05, 4.69) is 10.3 Å². The van der Waals surface area contributed by atoms with Crippen LogP contribution in [0, 0.1) is 0 Å². The minimum absolute atomic E-state index is 0.129. The van der Waals surface area contributed by atoms with E-state index in [9.17, 15) is 9.90 Å². The predicted molar refractivity (Wildman–Crippen MR) is 111 cm³/mol. The summed E-state index contributed by atoms with van der Waals surface area (Å²) >= 11 is 7.37. The van der Waals surface area contributed by atoms with Gasteiger partial charge in [-0.05, 0) is 48.0 Å². The first-order chi connectivity index (χ1) is 13.1. The molecule has 0 saturated heterocycles. The highest BCUT2D eigenvalue weighted by molar-refractivity contribution is 7.21. The van der Waals surface area contributed by atoms with Crippen LogP contribution in [0.2, 0.25) is 5.02 Å². The predicted octanol–water partition coefficient (Wildman–Crippen LogP) is 5.50. The Hall–Kier alpha value is -2.89. The fourth-order valence-electron chi connectivity index (χ4n) is 2.77. The maximum absolute atomic E-state index is 12.3. The van der Waals surface area contributed by atoms with Gasteiger partial charge in [-0.2, -0.15) is 0 Å². The smallest absolute Gasteiger partial charge is 0.228 e. The van der Waals surface area contributed by atoms with Crippen molar-refractivity contribution >= 4 is 44.7 Å². The molecule has 0 atom stereocenters. The highest BCUT2D eigenvalue weighted by atomic mass is 35.5. The van der Waals surface area contributed by atoms with Crippen molar-refractivity contribution < 1.29 is 9.90 Å². The molecule has 0 radical (unpaired) electrons.